The molecule has 0 aliphatic carbocycles. The molecule has 0 fully saturated rings. The molecule has 118 valence electrons. The Balaban J connectivity index is 1.94. The first-order valence-electron chi connectivity index (χ1n) is 8.39. The summed E-state index contributed by atoms with van der Waals surface area (Å²) < 4.78 is 6.32. The van der Waals surface area contributed by atoms with E-state index in [-0.39, 0.29) is 5.41 Å². The second kappa shape index (κ2) is 4.41. The number of fused-ring (bicyclic) bond motifs is 4. The van der Waals surface area contributed by atoms with Crippen molar-refractivity contribution in [1.82, 2.24) is 0 Å². The summed E-state index contributed by atoms with van der Waals surface area (Å²) in [6.45, 7) is 6.72. The van der Waals surface area contributed by atoms with Crippen LogP contribution in [0.2, 0.25) is 0 Å². The number of anilines is 3. The van der Waals surface area contributed by atoms with Gasteiger partial charge < -0.3 is 9.64 Å². The lowest BCUT2D eigenvalue weighted by atomic mass is 9.73. The standard InChI is InChI=1S/C22H19NO/c1-14-12-13-16-20-21(14)24-19-11-7-6-10-18(19)23(20)17-9-5-4-8-15(17)22(16,2)3/h4-13H,1-3H3. The third kappa shape index (κ3) is 1.56. The number of ether oxygens (including phenoxy) is 1. The van der Waals surface area contributed by atoms with Crippen LogP contribution >= 0.6 is 0 Å². The van der Waals surface area contributed by atoms with Gasteiger partial charge in [-0.15, -0.1) is 0 Å². The molecule has 0 unspecified atom stereocenters. The number of rotatable bonds is 0. The molecule has 0 bridgehead atoms. The van der Waals surface area contributed by atoms with Gasteiger partial charge in [0.15, 0.2) is 11.5 Å². The first-order chi connectivity index (χ1) is 11.6. The SMILES string of the molecule is Cc1ccc2c3c1Oc1ccccc1N3c1ccccc1C2(C)C. The normalized spacial score (nSPS) is 15.9. The number of benzene rings is 3. The molecule has 0 saturated carbocycles. The van der Waals surface area contributed by atoms with Gasteiger partial charge in [-0.2, -0.15) is 0 Å². The molecular weight excluding hydrogens is 294 g/mol. The van der Waals surface area contributed by atoms with Crippen LogP contribution in [0.3, 0.4) is 0 Å². The van der Waals surface area contributed by atoms with Crippen molar-refractivity contribution in [2.75, 3.05) is 4.90 Å². The maximum atomic E-state index is 6.32. The zero-order valence-corrected chi connectivity index (χ0v) is 14.1. The highest BCUT2D eigenvalue weighted by molar-refractivity contribution is 5.93. The van der Waals surface area contributed by atoms with E-state index in [1.807, 2.05) is 12.1 Å². The third-order valence-corrected chi connectivity index (χ3v) is 5.36. The molecule has 2 heteroatoms. The van der Waals surface area contributed by atoms with Crippen LogP contribution in [0.4, 0.5) is 17.1 Å². The van der Waals surface area contributed by atoms with Gasteiger partial charge in [0.2, 0.25) is 0 Å². The summed E-state index contributed by atoms with van der Waals surface area (Å²) in [5, 5.41) is 0. The zero-order valence-electron chi connectivity index (χ0n) is 14.1. The number of nitrogens with zero attached hydrogens (tertiary/aromatic N) is 1. The van der Waals surface area contributed by atoms with Crippen molar-refractivity contribution in [2.45, 2.75) is 26.2 Å². The summed E-state index contributed by atoms with van der Waals surface area (Å²) >= 11 is 0. The summed E-state index contributed by atoms with van der Waals surface area (Å²) in [5.74, 6) is 1.90. The van der Waals surface area contributed by atoms with E-state index in [4.69, 9.17) is 4.74 Å². The van der Waals surface area contributed by atoms with E-state index in [0.29, 0.717) is 0 Å². The molecule has 3 aromatic rings. The second-order valence-corrected chi connectivity index (χ2v) is 7.16. The van der Waals surface area contributed by atoms with E-state index in [1.54, 1.807) is 0 Å². The zero-order chi connectivity index (χ0) is 16.5. The Morgan fingerprint density at radius 1 is 0.792 bits per heavy atom. The first-order valence-corrected chi connectivity index (χ1v) is 8.39. The van der Waals surface area contributed by atoms with E-state index in [2.05, 4.69) is 74.2 Å². The lowest BCUT2D eigenvalue weighted by Gasteiger charge is -2.45. The fourth-order valence-corrected chi connectivity index (χ4v) is 4.08. The number of hydrogen-bond donors (Lipinski definition) is 0. The molecule has 0 radical (unpaired) electrons. The van der Waals surface area contributed by atoms with Gasteiger partial charge in [-0.3, -0.25) is 0 Å². The van der Waals surface area contributed by atoms with Crippen molar-refractivity contribution >= 4 is 17.1 Å². The minimum absolute atomic E-state index is 0.0550. The van der Waals surface area contributed by atoms with Crippen molar-refractivity contribution in [3.05, 3.63) is 77.4 Å². The molecule has 3 aromatic carbocycles. The van der Waals surface area contributed by atoms with Gasteiger partial charge in [0, 0.05) is 5.41 Å². The summed E-state index contributed by atoms with van der Waals surface area (Å²) in [4.78, 5) is 2.37. The van der Waals surface area contributed by atoms with Crippen LogP contribution in [0.25, 0.3) is 0 Å². The summed E-state index contributed by atoms with van der Waals surface area (Å²) in [7, 11) is 0. The maximum Gasteiger partial charge on any atom is 0.154 e. The Morgan fingerprint density at radius 2 is 1.50 bits per heavy atom. The number of aryl methyl sites for hydroxylation is 1. The van der Waals surface area contributed by atoms with Crippen LogP contribution in [-0.2, 0) is 5.41 Å². The summed E-state index contributed by atoms with van der Waals surface area (Å²) in [5.41, 5.74) is 7.33. The van der Waals surface area contributed by atoms with Crippen molar-refractivity contribution in [1.29, 1.82) is 0 Å². The van der Waals surface area contributed by atoms with Gasteiger partial charge in [0.1, 0.15) is 0 Å². The largest absolute Gasteiger partial charge is 0.453 e. The minimum Gasteiger partial charge on any atom is -0.453 e. The van der Waals surface area contributed by atoms with Gasteiger partial charge in [0.25, 0.3) is 0 Å². The molecule has 2 aliphatic rings. The number of hydrogen-bond acceptors (Lipinski definition) is 2. The highest BCUT2D eigenvalue weighted by Gasteiger charge is 2.41. The van der Waals surface area contributed by atoms with Crippen LogP contribution in [0.15, 0.2) is 60.7 Å². The highest BCUT2D eigenvalue weighted by Crippen LogP contribution is 2.60. The van der Waals surface area contributed by atoms with Crippen molar-refractivity contribution in [2.24, 2.45) is 0 Å². The molecule has 0 saturated heterocycles. The molecule has 0 amide bonds. The molecule has 0 N–H and O–H groups in total. The molecule has 0 aromatic heterocycles. The fraction of sp³-hybridized carbons (Fsp3) is 0.182. The monoisotopic (exact) mass is 313 g/mol. The predicted octanol–water partition coefficient (Wildman–Crippen LogP) is 6.21. The Labute approximate surface area is 142 Å². The van der Waals surface area contributed by atoms with Gasteiger partial charge in [0.05, 0.1) is 17.1 Å². The first kappa shape index (κ1) is 13.7. The smallest absolute Gasteiger partial charge is 0.154 e. The van der Waals surface area contributed by atoms with Gasteiger partial charge in [-0.05, 0) is 41.8 Å². The molecular formula is C22H19NO. The lowest BCUT2D eigenvalue weighted by molar-refractivity contribution is 0.467. The Kier molecular flexibility index (Phi) is 2.52. The lowest BCUT2D eigenvalue weighted by Crippen LogP contribution is -2.32. The molecule has 24 heavy (non-hydrogen) atoms. The average Bonchev–Trinajstić information content (AvgIpc) is 2.60. The van der Waals surface area contributed by atoms with Crippen LogP contribution in [0, 0.1) is 6.92 Å². The Hall–Kier alpha value is -2.74. The van der Waals surface area contributed by atoms with Crippen LogP contribution in [-0.4, -0.2) is 0 Å². The van der Waals surface area contributed by atoms with Gasteiger partial charge in [-0.1, -0.05) is 56.3 Å². The van der Waals surface area contributed by atoms with Crippen molar-refractivity contribution in [3.8, 4) is 11.5 Å². The van der Waals surface area contributed by atoms with Crippen molar-refractivity contribution in [3.63, 3.8) is 0 Å². The van der Waals surface area contributed by atoms with Crippen LogP contribution in [0.5, 0.6) is 11.5 Å². The van der Waals surface area contributed by atoms with E-state index in [1.165, 1.54) is 28.1 Å². The van der Waals surface area contributed by atoms with Crippen LogP contribution in [0.1, 0.15) is 30.5 Å². The van der Waals surface area contributed by atoms with Crippen LogP contribution < -0.4 is 9.64 Å². The Morgan fingerprint density at radius 3 is 2.33 bits per heavy atom. The van der Waals surface area contributed by atoms with Crippen molar-refractivity contribution < 1.29 is 4.74 Å². The summed E-state index contributed by atoms with van der Waals surface area (Å²) in [6, 6.07) is 21.4. The Bertz CT molecular complexity index is 987. The minimum atomic E-state index is -0.0550. The quantitative estimate of drug-likeness (QED) is 0.382. The molecule has 2 nitrogen and oxygen atoms in total. The molecule has 0 spiro atoms. The molecule has 2 heterocycles. The second-order valence-electron chi connectivity index (χ2n) is 7.16. The topological polar surface area (TPSA) is 12.5 Å². The van der Waals surface area contributed by atoms with E-state index < -0.39 is 0 Å². The number of para-hydroxylation sites is 3. The average molecular weight is 313 g/mol. The van der Waals surface area contributed by atoms with E-state index in [9.17, 15) is 0 Å². The van der Waals surface area contributed by atoms with E-state index in [0.717, 1.165) is 17.2 Å². The summed E-state index contributed by atoms with van der Waals surface area (Å²) in [6.07, 6.45) is 0. The van der Waals surface area contributed by atoms with Gasteiger partial charge >= 0.3 is 0 Å². The maximum absolute atomic E-state index is 6.32. The molecule has 2 aliphatic heterocycles. The fourth-order valence-electron chi connectivity index (χ4n) is 4.08. The highest BCUT2D eigenvalue weighted by atomic mass is 16.5. The predicted molar refractivity (Wildman–Crippen MR) is 98.1 cm³/mol. The van der Waals surface area contributed by atoms with Gasteiger partial charge in [-0.25, -0.2) is 0 Å². The third-order valence-electron chi connectivity index (χ3n) is 5.36. The molecule has 0 atom stereocenters. The molecule has 5 rings (SSSR count). The van der Waals surface area contributed by atoms with E-state index >= 15 is 0 Å².